The molecule has 4 aromatic rings. The summed E-state index contributed by atoms with van der Waals surface area (Å²) < 4.78 is 0. The predicted molar refractivity (Wildman–Crippen MR) is 198 cm³/mol. The minimum atomic E-state index is -0.994. The molecule has 3 aromatic carbocycles. The number of carbonyl (C=O) groups is 5. The van der Waals surface area contributed by atoms with Crippen molar-refractivity contribution < 1.29 is 24.0 Å². The minimum absolute atomic E-state index is 0.0533. The second-order valence-electron chi connectivity index (χ2n) is 13.7. The zero-order valence-corrected chi connectivity index (χ0v) is 30.5. The van der Waals surface area contributed by atoms with Gasteiger partial charge in [-0.3, -0.25) is 24.0 Å². The number of rotatable bonds is 6. The summed E-state index contributed by atoms with van der Waals surface area (Å²) in [6, 6.07) is 20.4. The Morgan fingerprint density at radius 1 is 0.811 bits per heavy atom. The van der Waals surface area contributed by atoms with Gasteiger partial charge >= 0.3 is 0 Å². The van der Waals surface area contributed by atoms with E-state index in [0.29, 0.717) is 49.3 Å². The van der Waals surface area contributed by atoms with Crippen LogP contribution < -0.4 is 21.3 Å². The summed E-state index contributed by atoms with van der Waals surface area (Å²) in [6.45, 7) is 6.49. The first kappa shape index (κ1) is 38.3. The topological polar surface area (TPSA) is 180 Å². The van der Waals surface area contributed by atoms with E-state index in [9.17, 15) is 24.0 Å². The van der Waals surface area contributed by atoms with E-state index in [1.165, 1.54) is 4.80 Å². The van der Waals surface area contributed by atoms with Crippen molar-refractivity contribution in [2.45, 2.75) is 71.1 Å². The lowest BCUT2D eigenvalue weighted by molar-refractivity contribution is -0.132. The Bertz CT molecular complexity index is 1880. The van der Waals surface area contributed by atoms with Crippen LogP contribution in [0.15, 0.2) is 78.9 Å². The van der Waals surface area contributed by atoms with Gasteiger partial charge in [-0.1, -0.05) is 68.4 Å². The van der Waals surface area contributed by atoms with Gasteiger partial charge in [-0.05, 0) is 72.7 Å². The summed E-state index contributed by atoms with van der Waals surface area (Å²) in [5.41, 5.74) is 3.18. The Balaban J connectivity index is 1.39. The summed E-state index contributed by atoms with van der Waals surface area (Å²) in [5, 5.41) is 23.5. The van der Waals surface area contributed by atoms with Gasteiger partial charge in [0.2, 0.25) is 23.5 Å². The van der Waals surface area contributed by atoms with Gasteiger partial charge in [0.05, 0.1) is 7.05 Å². The van der Waals surface area contributed by atoms with Gasteiger partial charge in [0, 0.05) is 42.7 Å². The number of aryl methyl sites for hydroxylation is 1. The zero-order valence-electron chi connectivity index (χ0n) is 30.5. The van der Waals surface area contributed by atoms with Crippen LogP contribution in [-0.2, 0) is 34.4 Å². The molecule has 0 saturated carbocycles. The maximum absolute atomic E-state index is 13.8. The van der Waals surface area contributed by atoms with Crippen LogP contribution in [0.4, 0.5) is 0 Å². The second kappa shape index (κ2) is 18.0. The van der Waals surface area contributed by atoms with Crippen LogP contribution in [0.3, 0.4) is 0 Å². The van der Waals surface area contributed by atoms with Crippen LogP contribution in [0.25, 0.3) is 11.4 Å². The third-order valence-corrected chi connectivity index (χ3v) is 8.93. The van der Waals surface area contributed by atoms with Crippen molar-refractivity contribution in [1.82, 2.24) is 46.4 Å². The normalized spacial score (nSPS) is 19.5. The van der Waals surface area contributed by atoms with E-state index in [-0.39, 0.29) is 30.7 Å². The molecule has 6 rings (SSSR count). The SMILES string of the molecule is CC(C)C[C@@H]1NC(=O)[C@@H](Cc2ccccc2)NC(=O)c2ccc(cc2)CN(C(=O)c2ccc(-c3nnn(C)n3)cc2)CCCCNC(=O)[C@@H](C)NC1=O. The first-order valence-corrected chi connectivity index (χ1v) is 17.9. The van der Waals surface area contributed by atoms with Crippen molar-refractivity contribution in [3.63, 3.8) is 0 Å². The Hall–Kier alpha value is -5.92. The van der Waals surface area contributed by atoms with E-state index in [0.717, 1.165) is 16.7 Å². The lowest BCUT2D eigenvalue weighted by Gasteiger charge is -2.25. The van der Waals surface area contributed by atoms with Crippen LogP contribution in [0.1, 0.15) is 71.9 Å². The highest BCUT2D eigenvalue weighted by Crippen LogP contribution is 2.18. The molecule has 53 heavy (non-hydrogen) atoms. The molecule has 14 heteroatoms. The predicted octanol–water partition coefficient (Wildman–Crippen LogP) is 2.81. The van der Waals surface area contributed by atoms with Gasteiger partial charge in [0.1, 0.15) is 18.1 Å². The lowest BCUT2D eigenvalue weighted by Crippen LogP contribution is -2.57. The number of benzene rings is 3. The fourth-order valence-corrected chi connectivity index (χ4v) is 6.03. The third-order valence-electron chi connectivity index (χ3n) is 8.93. The maximum atomic E-state index is 13.8. The Morgan fingerprint density at radius 3 is 2.15 bits per heavy atom. The molecule has 278 valence electrons. The molecule has 0 radical (unpaired) electrons. The smallest absolute Gasteiger partial charge is 0.254 e. The van der Waals surface area contributed by atoms with Crippen molar-refractivity contribution in [2.24, 2.45) is 13.0 Å². The Morgan fingerprint density at radius 2 is 1.49 bits per heavy atom. The number of hydrogen-bond acceptors (Lipinski definition) is 8. The summed E-state index contributed by atoms with van der Waals surface area (Å²) in [4.78, 5) is 70.7. The highest BCUT2D eigenvalue weighted by molar-refractivity contribution is 5.99. The first-order chi connectivity index (χ1) is 25.5. The monoisotopic (exact) mass is 721 g/mol. The van der Waals surface area contributed by atoms with E-state index in [1.807, 2.05) is 44.2 Å². The van der Waals surface area contributed by atoms with Gasteiger partial charge in [-0.2, -0.15) is 4.80 Å². The second-order valence-corrected chi connectivity index (χ2v) is 13.7. The van der Waals surface area contributed by atoms with Crippen molar-refractivity contribution in [1.29, 1.82) is 0 Å². The molecule has 2 aliphatic rings. The summed E-state index contributed by atoms with van der Waals surface area (Å²) in [6.07, 6.45) is 1.71. The van der Waals surface area contributed by atoms with Crippen LogP contribution in [0.5, 0.6) is 0 Å². The van der Waals surface area contributed by atoms with Crippen molar-refractivity contribution in [3.05, 3.63) is 101 Å². The van der Waals surface area contributed by atoms with Gasteiger partial charge < -0.3 is 26.2 Å². The van der Waals surface area contributed by atoms with Crippen LogP contribution in [-0.4, -0.2) is 85.9 Å². The van der Waals surface area contributed by atoms with Crippen LogP contribution in [0.2, 0.25) is 0 Å². The Kier molecular flexibility index (Phi) is 13.0. The molecule has 0 spiro atoms. The van der Waals surface area contributed by atoms with E-state index < -0.39 is 35.8 Å². The molecule has 14 nitrogen and oxygen atoms in total. The minimum Gasteiger partial charge on any atom is -0.354 e. The summed E-state index contributed by atoms with van der Waals surface area (Å²) >= 11 is 0. The maximum Gasteiger partial charge on any atom is 0.254 e. The van der Waals surface area contributed by atoms with E-state index in [4.69, 9.17) is 0 Å². The molecule has 4 N–H and O–H groups in total. The van der Waals surface area contributed by atoms with E-state index >= 15 is 0 Å². The largest absolute Gasteiger partial charge is 0.354 e. The number of fused-ring (bicyclic) bond motifs is 18. The standard InChI is InChI=1S/C39H47N9O5/c1-25(2)22-32-37(51)41-26(3)35(49)40-20-8-9-21-48(39(53)31-18-16-29(17-19-31)34-44-46-47(4)45-34)24-28-12-14-30(15-13-28)36(50)42-33(38(52)43-32)23-27-10-6-5-7-11-27/h5-7,10-19,25-26,32-33H,8-9,20-24H2,1-4H3,(H,40,49)(H,41,51)(H,42,50)(H,43,52)/t26-,32+,33-/m1/s1. The van der Waals surface area contributed by atoms with Gasteiger partial charge in [0.15, 0.2) is 0 Å². The summed E-state index contributed by atoms with van der Waals surface area (Å²) in [5.74, 6) is -1.51. The third kappa shape index (κ3) is 10.8. The molecule has 0 fully saturated rings. The molecule has 1 aromatic heterocycles. The number of tetrazole rings is 1. The molecule has 2 aliphatic heterocycles. The van der Waals surface area contributed by atoms with Gasteiger partial charge in [0.25, 0.3) is 11.8 Å². The molecule has 0 aliphatic carbocycles. The molecule has 0 unspecified atom stereocenters. The highest BCUT2D eigenvalue weighted by Gasteiger charge is 2.30. The molecular formula is C39H47N9O5. The quantitative estimate of drug-likeness (QED) is 0.220. The molecule has 2 bridgehead atoms. The molecular weight excluding hydrogens is 674 g/mol. The number of nitrogens with one attached hydrogen (secondary N) is 4. The van der Waals surface area contributed by atoms with Crippen molar-refractivity contribution in [2.75, 3.05) is 13.1 Å². The number of aromatic nitrogens is 4. The Labute approximate surface area is 309 Å². The number of amides is 5. The van der Waals surface area contributed by atoms with E-state index in [2.05, 4.69) is 36.7 Å². The average molecular weight is 722 g/mol. The van der Waals surface area contributed by atoms with E-state index in [1.54, 1.807) is 67.4 Å². The molecule has 3 atom stereocenters. The fraction of sp³-hybridized carbons (Fsp3) is 0.385. The number of hydrogen-bond donors (Lipinski definition) is 4. The highest BCUT2D eigenvalue weighted by atomic mass is 16.2. The zero-order chi connectivity index (χ0) is 37.9. The van der Waals surface area contributed by atoms with Crippen molar-refractivity contribution >= 4 is 29.5 Å². The fourth-order valence-electron chi connectivity index (χ4n) is 6.03. The summed E-state index contributed by atoms with van der Waals surface area (Å²) in [7, 11) is 1.68. The lowest BCUT2D eigenvalue weighted by atomic mass is 10.0. The van der Waals surface area contributed by atoms with Gasteiger partial charge in [-0.15, -0.1) is 10.2 Å². The molecule has 0 saturated heterocycles. The molecule has 5 amide bonds. The first-order valence-electron chi connectivity index (χ1n) is 17.9. The van der Waals surface area contributed by atoms with Gasteiger partial charge in [-0.25, -0.2) is 0 Å². The van der Waals surface area contributed by atoms with Crippen LogP contribution in [0, 0.1) is 5.92 Å². The molecule has 3 heterocycles. The number of nitrogens with zero attached hydrogens (tertiary/aromatic N) is 5. The van der Waals surface area contributed by atoms with Crippen LogP contribution >= 0.6 is 0 Å². The average Bonchev–Trinajstić information content (AvgIpc) is 3.59. The number of carbonyl (C=O) groups excluding carboxylic acids is 5. The van der Waals surface area contributed by atoms with Crippen molar-refractivity contribution in [3.8, 4) is 11.4 Å².